The number of aliphatic imine (C=N–C) groups is 1. The summed E-state index contributed by atoms with van der Waals surface area (Å²) in [4.78, 5) is 33.9. The van der Waals surface area contributed by atoms with Crippen LogP contribution in [0.4, 0.5) is 0 Å². The Morgan fingerprint density at radius 2 is 2.11 bits per heavy atom. The number of hydrogen-bond donors (Lipinski definition) is 2. The molecule has 0 saturated heterocycles. The van der Waals surface area contributed by atoms with Crippen LogP contribution in [0.25, 0.3) is 0 Å². The summed E-state index contributed by atoms with van der Waals surface area (Å²) in [5, 5.41) is 9.43. The highest BCUT2D eigenvalue weighted by Gasteiger charge is 2.43. The van der Waals surface area contributed by atoms with Gasteiger partial charge in [-0.1, -0.05) is 13.8 Å². The van der Waals surface area contributed by atoms with Crippen molar-refractivity contribution in [2.45, 2.75) is 52.2 Å². The van der Waals surface area contributed by atoms with Gasteiger partial charge in [-0.3, -0.25) is 14.9 Å². The summed E-state index contributed by atoms with van der Waals surface area (Å²) in [6.07, 6.45) is 6.27. The number of hydrogen-bond acceptors (Lipinski definition) is 6. The number of H-pyrrole nitrogens is 1. The molecular formula is C20H25N5O3. The van der Waals surface area contributed by atoms with E-state index in [-0.39, 0.29) is 23.5 Å². The quantitative estimate of drug-likeness (QED) is 0.713. The molecule has 0 radical (unpaired) electrons. The average Bonchev–Trinajstić information content (AvgIpc) is 3.29. The van der Waals surface area contributed by atoms with Crippen molar-refractivity contribution in [2.75, 3.05) is 0 Å². The fourth-order valence-corrected chi connectivity index (χ4v) is 2.90. The molecule has 2 unspecified atom stereocenters. The molecule has 3 rings (SSSR count). The second-order valence-electron chi connectivity index (χ2n) is 7.48. The van der Waals surface area contributed by atoms with Crippen LogP contribution in [0.5, 0.6) is 0 Å². The van der Waals surface area contributed by atoms with Crippen molar-refractivity contribution in [3.8, 4) is 0 Å². The van der Waals surface area contributed by atoms with Gasteiger partial charge in [0.2, 0.25) is 0 Å². The summed E-state index contributed by atoms with van der Waals surface area (Å²) in [7, 11) is 0. The van der Waals surface area contributed by atoms with Gasteiger partial charge in [0.1, 0.15) is 11.2 Å². The van der Waals surface area contributed by atoms with Crippen LogP contribution in [-0.4, -0.2) is 44.5 Å². The molecule has 8 heteroatoms. The Hall–Kier alpha value is -3.03. The minimum absolute atomic E-state index is 0.00653. The van der Waals surface area contributed by atoms with Gasteiger partial charge in [-0.25, -0.2) is 9.79 Å². The molecule has 1 amide bonds. The molecule has 0 aliphatic carbocycles. The minimum Gasteiger partial charge on any atom is -0.459 e. The zero-order chi connectivity index (χ0) is 20.3. The number of nitrogens with zero attached hydrogens (tertiary/aromatic N) is 3. The molecule has 2 atom stereocenters. The highest BCUT2D eigenvalue weighted by Crippen LogP contribution is 2.27. The standard InChI is InChI=1S/C20H25N5O3/c1-12(2)20(4)19(27)24-17(25-20)16-15(6-5-9-21-16)18(26)28-13(3)7-8-14-10-22-23-11-14/h5-6,9-13H,7-8H2,1-4H3,(H,22,23)(H,24,25,27). The van der Waals surface area contributed by atoms with Crippen LogP contribution in [0.2, 0.25) is 0 Å². The van der Waals surface area contributed by atoms with Crippen LogP contribution < -0.4 is 5.32 Å². The predicted molar refractivity (Wildman–Crippen MR) is 104 cm³/mol. The largest absolute Gasteiger partial charge is 0.459 e. The fourth-order valence-electron chi connectivity index (χ4n) is 2.90. The third-order valence-corrected chi connectivity index (χ3v) is 5.11. The average molecular weight is 383 g/mol. The van der Waals surface area contributed by atoms with Crippen LogP contribution in [0.15, 0.2) is 35.7 Å². The van der Waals surface area contributed by atoms with Crippen molar-refractivity contribution in [3.05, 3.63) is 47.5 Å². The molecule has 28 heavy (non-hydrogen) atoms. The Bertz CT molecular complexity index is 891. The second kappa shape index (κ2) is 7.92. The lowest BCUT2D eigenvalue weighted by Gasteiger charge is -2.21. The maximum absolute atomic E-state index is 12.7. The van der Waals surface area contributed by atoms with Gasteiger partial charge in [0, 0.05) is 12.4 Å². The highest BCUT2D eigenvalue weighted by molar-refractivity contribution is 6.17. The zero-order valence-corrected chi connectivity index (χ0v) is 16.5. The summed E-state index contributed by atoms with van der Waals surface area (Å²) in [5.74, 6) is -0.374. The molecule has 2 aromatic heterocycles. The number of amidine groups is 1. The van der Waals surface area contributed by atoms with Crippen LogP contribution in [-0.2, 0) is 16.0 Å². The minimum atomic E-state index is -0.883. The third-order valence-electron chi connectivity index (χ3n) is 5.11. The molecule has 148 valence electrons. The van der Waals surface area contributed by atoms with Crippen LogP contribution in [0, 0.1) is 5.92 Å². The number of pyridine rings is 1. The van der Waals surface area contributed by atoms with Crippen LogP contribution >= 0.6 is 0 Å². The van der Waals surface area contributed by atoms with Crippen molar-refractivity contribution >= 4 is 17.7 Å². The molecule has 0 saturated carbocycles. The van der Waals surface area contributed by atoms with Crippen molar-refractivity contribution in [1.82, 2.24) is 20.5 Å². The first-order chi connectivity index (χ1) is 13.3. The van der Waals surface area contributed by atoms with Gasteiger partial charge < -0.3 is 10.1 Å². The number of esters is 1. The van der Waals surface area contributed by atoms with E-state index >= 15 is 0 Å². The number of ether oxygens (including phenoxy) is 1. The smallest absolute Gasteiger partial charge is 0.340 e. The van der Waals surface area contributed by atoms with Crippen LogP contribution in [0.3, 0.4) is 0 Å². The molecule has 8 nitrogen and oxygen atoms in total. The third kappa shape index (κ3) is 3.95. The molecule has 0 fully saturated rings. The molecule has 3 heterocycles. The van der Waals surface area contributed by atoms with Crippen molar-refractivity contribution in [2.24, 2.45) is 10.9 Å². The maximum atomic E-state index is 12.7. The first kappa shape index (κ1) is 19.7. The number of carbonyl (C=O) groups excluding carboxylic acids is 2. The number of amides is 1. The van der Waals surface area contributed by atoms with Gasteiger partial charge in [-0.05, 0) is 50.3 Å². The Morgan fingerprint density at radius 1 is 1.32 bits per heavy atom. The van der Waals surface area contributed by atoms with E-state index in [4.69, 9.17) is 4.74 Å². The fraction of sp³-hybridized carbons (Fsp3) is 0.450. The number of aryl methyl sites for hydroxylation is 1. The number of aromatic amines is 1. The summed E-state index contributed by atoms with van der Waals surface area (Å²) >= 11 is 0. The van der Waals surface area contributed by atoms with E-state index in [1.165, 1.54) is 0 Å². The van der Waals surface area contributed by atoms with E-state index in [1.807, 2.05) is 27.0 Å². The molecule has 0 aromatic carbocycles. The Labute approximate surface area is 163 Å². The van der Waals surface area contributed by atoms with E-state index in [2.05, 4.69) is 25.5 Å². The first-order valence-electron chi connectivity index (χ1n) is 9.36. The second-order valence-corrected chi connectivity index (χ2v) is 7.48. The summed E-state index contributed by atoms with van der Waals surface area (Å²) < 4.78 is 5.58. The van der Waals surface area contributed by atoms with Gasteiger partial charge in [0.25, 0.3) is 5.91 Å². The van der Waals surface area contributed by atoms with E-state index in [9.17, 15) is 9.59 Å². The predicted octanol–water partition coefficient (Wildman–Crippen LogP) is 2.27. The van der Waals surface area contributed by atoms with E-state index < -0.39 is 11.5 Å². The molecule has 2 N–H and O–H groups in total. The van der Waals surface area contributed by atoms with Crippen LogP contribution in [0.1, 0.15) is 55.7 Å². The topological polar surface area (TPSA) is 109 Å². The molecule has 0 spiro atoms. The van der Waals surface area contributed by atoms with Gasteiger partial charge >= 0.3 is 5.97 Å². The lowest BCUT2D eigenvalue weighted by Crippen LogP contribution is -2.41. The Kier molecular flexibility index (Phi) is 5.58. The number of carbonyl (C=O) groups is 2. The first-order valence-corrected chi connectivity index (χ1v) is 9.36. The molecule has 0 bridgehead atoms. The van der Waals surface area contributed by atoms with Gasteiger partial charge in [-0.15, -0.1) is 0 Å². The number of aromatic nitrogens is 3. The molecular weight excluding hydrogens is 358 g/mol. The molecule has 1 aliphatic heterocycles. The SMILES string of the molecule is CC(CCc1cn[nH]c1)OC(=O)c1cccnc1C1=NC(C)(C(C)C)C(=O)N1. The van der Waals surface area contributed by atoms with Gasteiger partial charge in [0.05, 0.1) is 17.9 Å². The van der Waals surface area contributed by atoms with Gasteiger partial charge in [-0.2, -0.15) is 5.10 Å². The number of rotatable bonds is 7. The molecule has 2 aromatic rings. The van der Waals surface area contributed by atoms with Gasteiger partial charge in [0.15, 0.2) is 5.84 Å². The van der Waals surface area contributed by atoms with Crippen molar-refractivity contribution in [1.29, 1.82) is 0 Å². The number of nitrogens with one attached hydrogen (secondary N) is 2. The van der Waals surface area contributed by atoms with Crippen molar-refractivity contribution < 1.29 is 14.3 Å². The normalized spacial score (nSPS) is 20.0. The summed E-state index contributed by atoms with van der Waals surface area (Å²) in [6.45, 7) is 7.49. The molecule has 1 aliphatic rings. The Morgan fingerprint density at radius 3 is 2.75 bits per heavy atom. The highest BCUT2D eigenvalue weighted by atomic mass is 16.5. The zero-order valence-electron chi connectivity index (χ0n) is 16.5. The Balaban J connectivity index is 1.75. The maximum Gasteiger partial charge on any atom is 0.340 e. The van der Waals surface area contributed by atoms with E-state index in [0.717, 1.165) is 12.0 Å². The van der Waals surface area contributed by atoms with E-state index in [1.54, 1.807) is 31.5 Å². The summed E-state index contributed by atoms with van der Waals surface area (Å²) in [5.41, 5.74) is 0.782. The monoisotopic (exact) mass is 383 g/mol. The lowest BCUT2D eigenvalue weighted by molar-refractivity contribution is -0.124. The summed E-state index contributed by atoms with van der Waals surface area (Å²) in [6, 6.07) is 3.29. The van der Waals surface area contributed by atoms with Crippen molar-refractivity contribution in [3.63, 3.8) is 0 Å². The lowest BCUT2D eigenvalue weighted by atomic mass is 9.89. The van der Waals surface area contributed by atoms with E-state index in [0.29, 0.717) is 18.0 Å².